The van der Waals surface area contributed by atoms with E-state index in [-0.39, 0.29) is 11.7 Å². The van der Waals surface area contributed by atoms with Gasteiger partial charge >= 0.3 is 11.9 Å². The Morgan fingerprint density at radius 2 is 1.89 bits per heavy atom. The molecule has 0 aromatic carbocycles. The molecule has 3 saturated carbocycles. The molecule has 1 unspecified atom stereocenters. The second-order valence-electron chi connectivity index (χ2n) is 5.11. The third kappa shape index (κ3) is 2.70. The Hall–Kier alpha value is -1.00. The largest absolute Gasteiger partial charge is 0.447 e. The van der Waals surface area contributed by atoms with E-state index < -0.39 is 17.5 Å². The van der Waals surface area contributed by atoms with Crippen LogP contribution >= 0.6 is 0 Å². The van der Waals surface area contributed by atoms with Gasteiger partial charge in [0.2, 0.25) is 0 Å². The summed E-state index contributed by atoms with van der Waals surface area (Å²) in [5.41, 5.74) is -1.33. The molecule has 3 nitrogen and oxygen atoms in total. The quantitative estimate of drug-likeness (QED) is 0.718. The number of Topliss-reactive ketones (excluding diaryl/α,β-unsaturated/α-hetero) is 1. The van der Waals surface area contributed by atoms with Crippen LogP contribution in [0.25, 0.3) is 0 Å². The first-order chi connectivity index (χ1) is 8.22. The predicted molar refractivity (Wildman–Crippen MR) is 62.3 cm³/mol. The molecule has 0 N–H and O–H groups in total. The van der Waals surface area contributed by atoms with Gasteiger partial charge in [0.1, 0.15) is 0 Å². The summed E-state index contributed by atoms with van der Waals surface area (Å²) in [6.07, 6.45) is 2.01. The van der Waals surface area contributed by atoms with Gasteiger partial charge in [0.25, 0.3) is 0 Å². The van der Waals surface area contributed by atoms with Gasteiger partial charge < -0.3 is 4.74 Å². The Labute approximate surface area is 106 Å². The Bertz CT molecular complexity index is 343. The fourth-order valence-corrected chi connectivity index (χ4v) is 2.59. The number of esters is 1. The molecule has 0 aliphatic heterocycles. The minimum atomic E-state index is -3.54. The standard InChI is InChI=1S/C11H14F2O3.C2H6/c1-10(16-9(15)11(2,12)13)5-6-3-7(4-6)8(10)14;1-2/h6-7H,3-5H2,1-2H3;1-2H3. The van der Waals surface area contributed by atoms with Crippen LogP contribution in [0.2, 0.25) is 0 Å². The van der Waals surface area contributed by atoms with Crippen molar-refractivity contribution in [1.82, 2.24) is 0 Å². The number of carbonyl (C=O) groups excluding carboxylic acids is 2. The minimum absolute atomic E-state index is 0.0953. The van der Waals surface area contributed by atoms with Gasteiger partial charge in [-0.05, 0) is 32.1 Å². The third-order valence-electron chi connectivity index (χ3n) is 3.48. The summed E-state index contributed by atoms with van der Waals surface area (Å²) >= 11 is 0. The number of halogens is 2. The van der Waals surface area contributed by atoms with E-state index in [1.807, 2.05) is 13.8 Å². The summed E-state index contributed by atoms with van der Waals surface area (Å²) in [4.78, 5) is 22.9. The molecule has 18 heavy (non-hydrogen) atoms. The van der Waals surface area contributed by atoms with Crippen molar-refractivity contribution in [2.24, 2.45) is 11.8 Å². The van der Waals surface area contributed by atoms with E-state index in [0.717, 1.165) is 12.8 Å². The van der Waals surface area contributed by atoms with E-state index in [0.29, 0.717) is 19.3 Å². The molecule has 0 aromatic heterocycles. The highest BCUT2D eigenvalue weighted by Crippen LogP contribution is 2.49. The highest BCUT2D eigenvalue weighted by atomic mass is 19.3. The van der Waals surface area contributed by atoms with Gasteiger partial charge in [-0.3, -0.25) is 4.79 Å². The maximum absolute atomic E-state index is 12.7. The zero-order chi connectivity index (χ0) is 14.1. The molecule has 3 aliphatic carbocycles. The molecule has 0 aromatic rings. The lowest BCUT2D eigenvalue weighted by molar-refractivity contribution is -0.197. The van der Waals surface area contributed by atoms with E-state index in [1.54, 1.807) is 0 Å². The van der Waals surface area contributed by atoms with Gasteiger partial charge in [0.05, 0.1) is 0 Å². The first kappa shape index (κ1) is 15.1. The van der Waals surface area contributed by atoms with E-state index >= 15 is 0 Å². The number of alkyl halides is 2. The Kier molecular flexibility index (Phi) is 4.13. The lowest BCUT2D eigenvalue weighted by atomic mass is 9.59. The van der Waals surface area contributed by atoms with Crippen LogP contribution in [-0.2, 0) is 14.3 Å². The van der Waals surface area contributed by atoms with Gasteiger partial charge in [-0.25, -0.2) is 4.79 Å². The van der Waals surface area contributed by atoms with Gasteiger partial charge in [0, 0.05) is 12.8 Å². The summed E-state index contributed by atoms with van der Waals surface area (Å²) < 4.78 is 30.1. The van der Waals surface area contributed by atoms with Crippen LogP contribution in [0, 0.1) is 11.8 Å². The SMILES string of the molecule is CC.CC(F)(F)C(=O)OC1(C)CC2CC(C2)C1=O. The average molecular weight is 262 g/mol. The van der Waals surface area contributed by atoms with Gasteiger partial charge in [-0.15, -0.1) is 0 Å². The van der Waals surface area contributed by atoms with Crippen LogP contribution in [0.3, 0.4) is 0 Å². The average Bonchev–Trinajstić information content (AvgIpc) is 2.22. The molecule has 0 spiro atoms. The molecule has 1 atom stereocenters. The molecule has 2 bridgehead atoms. The lowest BCUT2D eigenvalue weighted by Crippen LogP contribution is -2.56. The molecule has 0 amide bonds. The van der Waals surface area contributed by atoms with Crippen LogP contribution in [0.4, 0.5) is 8.78 Å². The smallest absolute Gasteiger partial charge is 0.377 e. The molecule has 0 heterocycles. The normalized spacial score (nSPS) is 34.0. The number of hydrogen-bond acceptors (Lipinski definition) is 3. The molecule has 0 saturated heterocycles. The molecule has 3 fully saturated rings. The number of ketones is 1. The van der Waals surface area contributed by atoms with Gasteiger partial charge in [-0.2, -0.15) is 8.78 Å². The summed E-state index contributed by atoms with van der Waals surface area (Å²) in [5, 5.41) is 0. The number of fused-ring (bicyclic) bond motifs is 2. The van der Waals surface area contributed by atoms with Gasteiger partial charge in [-0.1, -0.05) is 13.8 Å². The molecular formula is C13H20F2O3. The lowest BCUT2D eigenvalue weighted by Gasteiger charge is -2.48. The summed E-state index contributed by atoms with van der Waals surface area (Å²) in [5.74, 6) is -5.10. The number of hydrogen-bond donors (Lipinski definition) is 0. The van der Waals surface area contributed by atoms with E-state index in [2.05, 4.69) is 0 Å². The van der Waals surface area contributed by atoms with Crippen molar-refractivity contribution in [2.45, 2.75) is 58.5 Å². The van der Waals surface area contributed by atoms with E-state index in [1.165, 1.54) is 6.92 Å². The van der Waals surface area contributed by atoms with Gasteiger partial charge in [0.15, 0.2) is 11.4 Å². The Morgan fingerprint density at radius 1 is 1.39 bits per heavy atom. The maximum atomic E-state index is 12.7. The molecule has 104 valence electrons. The summed E-state index contributed by atoms with van der Waals surface area (Å²) in [7, 11) is 0. The maximum Gasteiger partial charge on any atom is 0.377 e. The second kappa shape index (κ2) is 4.94. The number of carbonyl (C=O) groups is 2. The highest BCUT2D eigenvalue weighted by molar-refractivity contribution is 5.93. The molecule has 0 radical (unpaired) electrons. The second-order valence-corrected chi connectivity index (χ2v) is 5.11. The molecule has 3 aliphatic rings. The fraction of sp³-hybridized carbons (Fsp3) is 0.846. The molecule has 3 rings (SSSR count). The van der Waals surface area contributed by atoms with E-state index in [9.17, 15) is 18.4 Å². The zero-order valence-electron chi connectivity index (χ0n) is 11.3. The van der Waals surface area contributed by atoms with Crippen molar-refractivity contribution in [3.63, 3.8) is 0 Å². The van der Waals surface area contributed by atoms with Crippen molar-refractivity contribution in [3.05, 3.63) is 0 Å². The minimum Gasteiger partial charge on any atom is -0.447 e. The van der Waals surface area contributed by atoms with Crippen molar-refractivity contribution >= 4 is 11.8 Å². The summed E-state index contributed by atoms with van der Waals surface area (Å²) in [6.45, 7) is 5.92. The van der Waals surface area contributed by atoms with Crippen molar-refractivity contribution in [1.29, 1.82) is 0 Å². The van der Waals surface area contributed by atoms with Crippen LogP contribution in [0.15, 0.2) is 0 Å². The first-order valence-electron chi connectivity index (χ1n) is 6.38. The van der Waals surface area contributed by atoms with Crippen molar-refractivity contribution < 1.29 is 23.1 Å². The van der Waals surface area contributed by atoms with Crippen LogP contribution in [0.1, 0.15) is 47.0 Å². The topological polar surface area (TPSA) is 43.4 Å². The molecular weight excluding hydrogens is 242 g/mol. The highest BCUT2D eigenvalue weighted by Gasteiger charge is 2.55. The number of rotatable bonds is 2. The molecule has 5 heteroatoms. The zero-order valence-corrected chi connectivity index (χ0v) is 11.3. The van der Waals surface area contributed by atoms with Crippen molar-refractivity contribution in [3.8, 4) is 0 Å². The van der Waals surface area contributed by atoms with Crippen LogP contribution < -0.4 is 0 Å². The third-order valence-corrected chi connectivity index (χ3v) is 3.48. The summed E-state index contributed by atoms with van der Waals surface area (Å²) in [6, 6.07) is 0. The van der Waals surface area contributed by atoms with Crippen molar-refractivity contribution in [2.75, 3.05) is 0 Å². The monoisotopic (exact) mass is 262 g/mol. The van der Waals surface area contributed by atoms with Crippen LogP contribution in [-0.4, -0.2) is 23.3 Å². The number of ether oxygens (including phenoxy) is 1. The first-order valence-corrected chi connectivity index (χ1v) is 6.38. The van der Waals surface area contributed by atoms with E-state index in [4.69, 9.17) is 4.74 Å². The Morgan fingerprint density at radius 3 is 2.28 bits per heavy atom. The predicted octanol–water partition coefficient (Wildman–Crippen LogP) is 2.97. The van der Waals surface area contributed by atoms with Crippen LogP contribution in [0.5, 0.6) is 0 Å². The fourth-order valence-electron chi connectivity index (χ4n) is 2.59. The Balaban J connectivity index is 0.000000771.